The molecule has 3 aliphatic heterocycles. The van der Waals surface area contributed by atoms with Gasteiger partial charge in [0.1, 0.15) is 17.4 Å². The number of aryl methyl sites for hydroxylation is 1. The minimum Gasteiger partial charge on any atom is -0.493 e. The molecule has 0 saturated carbocycles. The number of aromatic nitrogens is 1. The smallest absolute Gasteiger partial charge is 0.258 e. The van der Waals surface area contributed by atoms with Crippen LogP contribution in [-0.2, 0) is 11.3 Å². The first-order chi connectivity index (χ1) is 15.5. The van der Waals surface area contributed by atoms with Gasteiger partial charge in [0, 0.05) is 18.4 Å². The van der Waals surface area contributed by atoms with Gasteiger partial charge in [-0.05, 0) is 37.5 Å². The van der Waals surface area contributed by atoms with E-state index >= 15 is 0 Å². The van der Waals surface area contributed by atoms with Crippen LogP contribution in [0.25, 0.3) is 0 Å². The van der Waals surface area contributed by atoms with E-state index in [0.29, 0.717) is 47.3 Å². The fourth-order valence-corrected chi connectivity index (χ4v) is 4.55. The Morgan fingerprint density at radius 3 is 2.84 bits per heavy atom. The number of hydrogen-bond acceptors (Lipinski definition) is 8. The van der Waals surface area contributed by atoms with E-state index in [0.717, 1.165) is 18.5 Å². The number of nitrogens with zero attached hydrogens (tertiary/aromatic N) is 2. The van der Waals surface area contributed by atoms with E-state index in [1.54, 1.807) is 22.8 Å². The summed E-state index contributed by atoms with van der Waals surface area (Å²) in [5, 5.41) is 9.90. The highest BCUT2D eigenvalue weighted by atomic mass is 16.7. The molecule has 0 unspecified atom stereocenters. The highest BCUT2D eigenvalue weighted by molar-refractivity contribution is 5.61. The third-order valence-corrected chi connectivity index (χ3v) is 6.11. The predicted molar refractivity (Wildman–Crippen MR) is 113 cm³/mol. The molecule has 2 N–H and O–H groups in total. The number of benzene rings is 1. The van der Waals surface area contributed by atoms with Crippen molar-refractivity contribution in [2.24, 2.45) is 5.73 Å². The van der Waals surface area contributed by atoms with E-state index in [9.17, 15) is 10.1 Å². The molecule has 0 spiro atoms. The molecule has 1 fully saturated rings. The summed E-state index contributed by atoms with van der Waals surface area (Å²) in [5.41, 5.74) is 7.73. The van der Waals surface area contributed by atoms with E-state index in [4.69, 9.17) is 29.4 Å². The van der Waals surface area contributed by atoms with Crippen molar-refractivity contribution in [1.82, 2.24) is 4.57 Å². The molecular formula is C23H23N3O6. The number of pyridine rings is 1. The van der Waals surface area contributed by atoms with E-state index < -0.39 is 5.92 Å². The van der Waals surface area contributed by atoms with Gasteiger partial charge in [-0.25, -0.2) is 0 Å². The fraction of sp³-hybridized carbons (Fsp3) is 0.391. The molecule has 3 aliphatic rings. The summed E-state index contributed by atoms with van der Waals surface area (Å²) >= 11 is 0. The highest BCUT2D eigenvalue weighted by Gasteiger charge is 2.36. The summed E-state index contributed by atoms with van der Waals surface area (Å²) in [4.78, 5) is 13.7. The topological polar surface area (TPSA) is 118 Å². The minimum atomic E-state index is -0.740. The van der Waals surface area contributed by atoms with Gasteiger partial charge in [-0.2, -0.15) is 5.26 Å². The largest absolute Gasteiger partial charge is 0.493 e. The summed E-state index contributed by atoms with van der Waals surface area (Å²) in [6.07, 6.45) is 1.86. The Balaban J connectivity index is 1.70. The van der Waals surface area contributed by atoms with Gasteiger partial charge >= 0.3 is 0 Å². The highest BCUT2D eigenvalue weighted by Crippen LogP contribution is 2.47. The van der Waals surface area contributed by atoms with Crippen LogP contribution < -0.4 is 30.2 Å². The van der Waals surface area contributed by atoms with E-state index in [1.807, 2.05) is 6.92 Å². The first-order valence-electron chi connectivity index (χ1n) is 10.4. The van der Waals surface area contributed by atoms with Crippen LogP contribution >= 0.6 is 0 Å². The number of nitriles is 1. The van der Waals surface area contributed by atoms with E-state index in [-0.39, 0.29) is 29.9 Å². The van der Waals surface area contributed by atoms with Gasteiger partial charge in [-0.1, -0.05) is 0 Å². The molecule has 1 saturated heterocycles. The third kappa shape index (κ3) is 3.15. The Morgan fingerprint density at radius 2 is 2.12 bits per heavy atom. The monoisotopic (exact) mass is 437 g/mol. The third-order valence-electron chi connectivity index (χ3n) is 6.11. The number of nitrogens with two attached hydrogens (primary N) is 1. The van der Waals surface area contributed by atoms with Gasteiger partial charge in [0.15, 0.2) is 11.5 Å². The molecular weight excluding hydrogens is 414 g/mol. The number of allylic oxidation sites excluding steroid dienone is 1. The van der Waals surface area contributed by atoms with Crippen molar-refractivity contribution in [3.05, 3.63) is 56.8 Å². The zero-order valence-electron chi connectivity index (χ0n) is 17.8. The van der Waals surface area contributed by atoms with Crippen LogP contribution in [-0.4, -0.2) is 31.2 Å². The number of rotatable bonds is 4. The molecule has 2 atom stereocenters. The zero-order valence-corrected chi connectivity index (χ0v) is 17.8. The van der Waals surface area contributed by atoms with Crippen molar-refractivity contribution in [2.45, 2.75) is 38.3 Å². The lowest BCUT2D eigenvalue weighted by molar-refractivity contribution is 0.0955. The second-order valence-electron chi connectivity index (χ2n) is 8.00. The Labute approximate surface area is 184 Å². The first kappa shape index (κ1) is 20.3. The van der Waals surface area contributed by atoms with Crippen molar-refractivity contribution in [3.8, 4) is 29.1 Å². The Kier molecular flexibility index (Phi) is 4.94. The second kappa shape index (κ2) is 7.80. The summed E-state index contributed by atoms with van der Waals surface area (Å²) in [7, 11) is 1.52. The van der Waals surface area contributed by atoms with Crippen LogP contribution in [0.2, 0.25) is 0 Å². The molecule has 9 heteroatoms. The van der Waals surface area contributed by atoms with E-state index in [2.05, 4.69) is 6.07 Å². The Hall–Kier alpha value is -3.64. The molecule has 2 aromatic rings. The van der Waals surface area contributed by atoms with Crippen LogP contribution in [0.15, 0.2) is 34.4 Å². The van der Waals surface area contributed by atoms with Crippen molar-refractivity contribution in [1.29, 1.82) is 5.26 Å². The Morgan fingerprint density at radius 1 is 1.28 bits per heavy atom. The van der Waals surface area contributed by atoms with Crippen LogP contribution in [0.3, 0.4) is 0 Å². The van der Waals surface area contributed by atoms with Crippen LogP contribution in [0.4, 0.5) is 0 Å². The molecule has 166 valence electrons. The average Bonchev–Trinajstić information content (AvgIpc) is 3.46. The predicted octanol–water partition coefficient (Wildman–Crippen LogP) is 2.29. The van der Waals surface area contributed by atoms with Gasteiger partial charge in [-0.15, -0.1) is 0 Å². The lowest BCUT2D eigenvalue weighted by atomic mass is 9.83. The zero-order chi connectivity index (χ0) is 22.4. The van der Waals surface area contributed by atoms with Crippen molar-refractivity contribution in [3.63, 3.8) is 0 Å². The molecule has 5 rings (SSSR count). The molecule has 1 aromatic heterocycles. The summed E-state index contributed by atoms with van der Waals surface area (Å²) in [6.45, 7) is 3.05. The number of hydrogen-bond donors (Lipinski definition) is 1. The first-order valence-corrected chi connectivity index (χ1v) is 10.4. The van der Waals surface area contributed by atoms with Gasteiger partial charge in [0.2, 0.25) is 18.4 Å². The number of methoxy groups -OCH3 is 1. The number of ether oxygens (including phenoxy) is 5. The summed E-state index contributed by atoms with van der Waals surface area (Å²) < 4.78 is 29.7. The average molecular weight is 437 g/mol. The maximum atomic E-state index is 13.7. The summed E-state index contributed by atoms with van der Waals surface area (Å²) in [5.74, 6) is 0.988. The summed E-state index contributed by atoms with van der Waals surface area (Å²) in [6, 6.07) is 7.40. The molecule has 0 bridgehead atoms. The van der Waals surface area contributed by atoms with Crippen molar-refractivity contribution >= 4 is 0 Å². The minimum absolute atomic E-state index is 0.0194. The van der Waals surface area contributed by atoms with Crippen LogP contribution in [0, 0.1) is 18.3 Å². The van der Waals surface area contributed by atoms with Crippen molar-refractivity contribution in [2.75, 3.05) is 20.5 Å². The van der Waals surface area contributed by atoms with Gasteiger partial charge < -0.3 is 34.0 Å². The van der Waals surface area contributed by atoms with Gasteiger partial charge in [-0.3, -0.25) is 4.79 Å². The lowest BCUT2D eigenvalue weighted by Gasteiger charge is -2.28. The fourth-order valence-electron chi connectivity index (χ4n) is 4.55. The molecule has 1 aromatic carbocycles. The maximum Gasteiger partial charge on any atom is 0.258 e. The maximum absolute atomic E-state index is 13.7. The van der Waals surface area contributed by atoms with Gasteiger partial charge in [0.05, 0.1) is 31.2 Å². The molecule has 0 amide bonds. The Bertz CT molecular complexity index is 1220. The lowest BCUT2D eigenvalue weighted by Crippen LogP contribution is -2.35. The van der Waals surface area contributed by atoms with Crippen molar-refractivity contribution < 1.29 is 23.7 Å². The molecule has 4 heterocycles. The molecule has 32 heavy (non-hydrogen) atoms. The van der Waals surface area contributed by atoms with Gasteiger partial charge in [0.25, 0.3) is 5.56 Å². The molecule has 0 aliphatic carbocycles. The molecule has 9 nitrogen and oxygen atoms in total. The van der Waals surface area contributed by atoms with E-state index in [1.165, 1.54) is 7.11 Å². The SMILES string of the molecule is COc1cc([C@@H]2C(C#N)=C(N)Oc3cc(C)n(C[C@@H]4CCCO4)c(=O)c32)cc2c1OCO2. The standard InChI is InChI=1S/C23H23N3O6/c1-12-6-16-20(23(27)26(12)10-14-4-3-5-29-14)19(15(9-24)22(25)32-16)13-7-17(28-2)21-18(8-13)30-11-31-21/h6-8,14,19H,3-5,10-11,25H2,1-2H3/t14-,19+/m0/s1. The second-order valence-corrected chi connectivity index (χ2v) is 8.00. The van der Waals surface area contributed by atoms with Crippen LogP contribution in [0.1, 0.15) is 35.6 Å². The number of fused-ring (bicyclic) bond motifs is 2. The normalized spacial score (nSPS) is 21.2. The quantitative estimate of drug-likeness (QED) is 0.774. The van der Waals surface area contributed by atoms with Crippen LogP contribution in [0.5, 0.6) is 23.0 Å². The molecule has 0 radical (unpaired) electrons.